The second kappa shape index (κ2) is 6.83. The average molecular weight is 312 g/mol. The van der Waals surface area contributed by atoms with Crippen molar-refractivity contribution in [3.63, 3.8) is 0 Å². The summed E-state index contributed by atoms with van der Waals surface area (Å²) in [6.45, 7) is 2.14. The normalized spacial score (nSPS) is 11.5. The molecule has 0 aliphatic heterocycles. The van der Waals surface area contributed by atoms with E-state index in [1.165, 1.54) is 12.1 Å². The molecular weight excluding hydrogens is 298 g/mol. The SMILES string of the molecule is C[C@H](CN)NC(=O)c1ccc(Br)c(F)c1.Cl. The van der Waals surface area contributed by atoms with Gasteiger partial charge in [0.05, 0.1) is 4.47 Å². The summed E-state index contributed by atoms with van der Waals surface area (Å²) < 4.78 is 13.4. The van der Waals surface area contributed by atoms with Crippen molar-refractivity contribution in [2.75, 3.05) is 6.54 Å². The molecule has 0 saturated carbocycles. The lowest BCUT2D eigenvalue weighted by Gasteiger charge is -2.11. The molecule has 1 aromatic rings. The Balaban J connectivity index is 0.00000225. The summed E-state index contributed by atoms with van der Waals surface area (Å²) in [5.74, 6) is -0.776. The van der Waals surface area contributed by atoms with E-state index in [1.54, 1.807) is 13.0 Å². The van der Waals surface area contributed by atoms with Gasteiger partial charge in [-0.2, -0.15) is 0 Å². The summed E-state index contributed by atoms with van der Waals surface area (Å²) in [6.07, 6.45) is 0. The molecule has 1 rings (SSSR count). The molecule has 0 aromatic heterocycles. The van der Waals surface area contributed by atoms with Gasteiger partial charge in [-0.3, -0.25) is 4.79 Å². The van der Waals surface area contributed by atoms with Gasteiger partial charge >= 0.3 is 0 Å². The Labute approximate surface area is 108 Å². The molecule has 3 N–H and O–H groups in total. The summed E-state index contributed by atoms with van der Waals surface area (Å²) >= 11 is 3.02. The molecule has 0 fully saturated rings. The van der Waals surface area contributed by atoms with Crippen molar-refractivity contribution >= 4 is 34.2 Å². The molecule has 1 atom stereocenters. The van der Waals surface area contributed by atoms with Crippen LogP contribution in [-0.2, 0) is 0 Å². The first kappa shape index (κ1) is 15.3. The van der Waals surface area contributed by atoms with Crippen molar-refractivity contribution in [2.45, 2.75) is 13.0 Å². The zero-order valence-electron chi connectivity index (χ0n) is 8.67. The zero-order valence-corrected chi connectivity index (χ0v) is 11.1. The fourth-order valence-electron chi connectivity index (χ4n) is 1.00. The predicted octanol–water partition coefficient (Wildman–Crippen LogP) is 2.09. The van der Waals surface area contributed by atoms with Gasteiger partial charge in [0, 0.05) is 18.2 Å². The minimum Gasteiger partial charge on any atom is -0.348 e. The van der Waals surface area contributed by atoms with Crippen molar-refractivity contribution < 1.29 is 9.18 Å². The molecule has 0 aliphatic carbocycles. The molecular formula is C10H13BrClFN2O. The van der Waals surface area contributed by atoms with Crippen LogP contribution in [0.1, 0.15) is 17.3 Å². The van der Waals surface area contributed by atoms with Gasteiger partial charge in [0.1, 0.15) is 5.82 Å². The van der Waals surface area contributed by atoms with Crippen LogP contribution in [0.25, 0.3) is 0 Å². The Hall–Kier alpha value is -0.650. The Kier molecular flexibility index (Phi) is 6.55. The second-order valence-corrected chi connectivity index (χ2v) is 4.09. The molecule has 6 heteroatoms. The number of carbonyl (C=O) groups is 1. The summed E-state index contributed by atoms with van der Waals surface area (Å²) in [4.78, 5) is 11.5. The molecule has 3 nitrogen and oxygen atoms in total. The van der Waals surface area contributed by atoms with Crippen LogP contribution in [-0.4, -0.2) is 18.5 Å². The summed E-state index contributed by atoms with van der Waals surface area (Å²) in [7, 11) is 0. The molecule has 0 unspecified atom stereocenters. The van der Waals surface area contributed by atoms with Crippen LogP contribution in [0, 0.1) is 5.82 Å². The number of hydrogen-bond acceptors (Lipinski definition) is 2. The Bertz CT molecular complexity index is 376. The molecule has 1 amide bonds. The number of amides is 1. The Morgan fingerprint density at radius 1 is 1.62 bits per heavy atom. The van der Waals surface area contributed by atoms with E-state index >= 15 is 0 Å². The second-order valence-electron chi connectivity index (χ2n) is 3.24. The maximum absolute atomic E-state index is 13.1. The van der Waals surface area contributed by atoms with Crippen LogP contribution in [0.2, 0.25) is 0 Å². The molecule has 0 aliphatic rings. The van der Waals surface area contributed by atoms with Gasteiger partial charge in [0.2, 0.25) is 0 Å². The fraction of sp³-hybridized carbons (Fsp3) is 0.300. The molecule has 16 heavy (non-hydrogen) atoms. The van der Waals surface area contributed by atoms with Gasteiger partial charge in [-0.1, -0.05) is 0 Å². The molecule has 0 heterocycles. The third-order valence-corrected chi connectivity index (χ3v) is 2.56. The fourth-order valence-corrected chi connectivity index (χ4v) is 1.25. The van der Waals surface area contributed by atoms with E-state index in [4.69, 9.17) is 5.73 Å². The van der Waals surface area contributed by atoms with E-state index in [-0.39, 0.29) is 29.9 Å². The molecule has 0 radical (unpaired) electrons. The van der Waals surface area contributed by atoms with Gasteiger partial charge in [-0.15, -0.1) is 12.4 Å². The standard InChI is InChI=1S/C10H12BrFN2O.ClH/c1-6(5-13)14-10(15)7-2-3-8(11)9(12)4-7;/h2-4,6H,5,13H2,1H3,(H,14,15);1H/t6-;/m1./s1. The number of nitrogens with one attached hydrogen (secondary N) is 1. The maximum atomic E-state index is 13.1. The predicted molar refractivity (Wildman–Crippen MR) is 67.3 cm³/mol. The molecule has 0 bridgehead atoms. The van der Waals surface area contributed by atoms with Crippen molar-refractivity contribution in [3.05, 3.63) is 34.1 Å². The zero-order chi connectivity index (χ0) is 11.4. The van der Waals surface area contributed by atoms with Crippen molar-refractivity contribution in [3.8, 4) is 0 Å². The van der Waals surface area contributed by atoms with E-state index in [0.717, 1.165) is 0 Å². The first-order valence-corrected chi connectivity index (χ1v) is 5.30. The maximum Gasteiger partial charge on any atom is 0.251 e. The minimum absolute atomic E-state index is 0. The number of halogens is 3. The van der Waals surface area contributed by atoms with Gasteiger partial charge in [-0.05, 0) is 41.1 Å². The summed E-state index contributed by atoms with van der Waals surface area (Å²) in [6, 6.07) is 4.11. The average Bonchev–Trinajstić information content (AvgIpc) is 2.21. The van der Waals surface area contributed by atoms with Gasteiger partial charge in [0.25, 0.3) is 5.91 Å². The van der Waals surface area contributed by atoms with Crippen LogP contribution in [0.4, 0.5) is 4.39 Å². The van der Waals surface area contributed by atoms with Crippen LogP contribution in [0.5, 0.6) is 0 Å². The van der Waals surface area contributed by atoms with E-state index < -0.39 is 5.82 Å². The van der Waals surface area contributed by atoms with Crippen LogP contribution in [0.15, 0.2) is 22.7 Å². The Morgan fingerprint density at radius 3 is 2.75 bits per heavy atom. The van der Waals surface area contributed by atoms with Crippen LogP contribution < -0.4 is 11.1 Å². The molecule has 1 aromatic carbocycles. The van der Waals surface area contributed by atoms with E-state index in [0.29, 0.717) is 11.0 Å². The highest BCUT2D eigenvalue weighted by atomic mass is 79.9. The highest BCUT2D eigenvalue weighted by Gasteiger charge is 2.10. The van der Waals surface area contributed by atoms with Gasteiger partial charge in [-0.25, -0.2) is 4.39 Å². The number of rotatable bonds is 3. The lowest BCUT2D eigenvalue weighted by atomic mass is 10.2. The minimum atomic E-state index is -0.456. The van der Waals surface area contributed by atoms with Crippen LogP contribution >= 0.6 is 28.3 Å². The summed E-state index contributed by atoms with van der Waals surface area (Å²) in [5, 5.41) is 2.65. The topological polar surface area (TPSA) is 55.1 Å². The smallest absolute Gasteiger partial charge is 0.251 e. The van der Waals surface area contributed by atoms with E-state index in [2.05, 4.69) is 21.2 Å². The number of nitrogens with two attached hydrogens (primary N) is 1. The number of hydrogen-bond donors (Lipinski definition) is 2. The first-order valence-electron chi connectivity index (χ1n) is 4.50. The molecule has 0 saturated heterocycles. The third kappa shape index (κ3) is 4.08. The van der Waals surface area contributed by atoms with Gasteiger partial charge in [0.15, 0.2) is 0 Å². The highest BCUT2D eigenvalue weighted by Crippen LogP contribution is 2.16. The highest BCUT2D eigenvalue weighted by molar-refractivity contribution is 9.10. The first-order chi connectivity index (χ1) is 7.04. The van der Waals surface area contributed by atoms with E-state index in [9.17, 15) is 9.18 Å². The van der Waals surface area contributed by atoms with Gasteiger partial charge < -0.3 is 11.1 Å². The quantitative estimate of drug-likeness (QED) is 0.898. The number of carbonyl (C=O) groups excluding carboxylic acids is 1. The summed E-state index contributed by atoms with van der Waals surface area (Å²) in [5.41, 5.74) is 5.64. The molecule has 0 spiro atoms. The van der Waals surface area contributed by atoms with Crippen molar-refractivity contribution in [1.82, 2.24) is 5.32 Å². The molecule has 90 valence electrons. The largest absolute Gasteiger partial charge is 0.348 e. The third-order valence-electron chi connectivity index (χ3n) is 1.91. The van der Waals surface area contributed by atoms with Crippen molar-refractivity contribution in [1.29, 1.82) is 0 Å². The van der Waals surface area contributed by atoms with Crippen LogP contribution in [0.3, 0.4) is 0 Å². The lowest BCUT2D eigenvalue weighted by Crippen LogP contribution is -2.37. The monoisotopic (exact) mass is 310 g/mol. The number of benzene rings is 1. The van der Waals surface area contributed by atoms with Crippen molar-refractivity contribution in [2.24, 2.45) is 5.73 Å². The van der Waals surface area contributed by atoms with E-state index in [1.807, 2.05) is 0 Å². The lowest BCUT2D eigenvalue weighted by molar-refractivity contribution is 0.0941. The Morgan fingerprint density at radius 2 is 2.25 bits per heavy atom.